The molecular weight excluding hydrogens is 1090 g/mol. The van der Waals surface area contributed by atoms with Crippen molar-refractivity contribution in [2.24, 2.45) is 0 Å². The fourth-order valence-corrected chi connectivity index (χ4v) is 13.5. The third-order valence-electron chi connectivity index (χ3n) is 17.5. The van der Waals surface area contributed by atoms with E-state index >= 15 is 0 Å². The predicted octanol–water partition coefficient (Wildman–Crippen LogP) is 21.8. The molecule has 1 aliphatic heterocycles. The summed E-state index contributed by atoms with van der Waals surface area (Å²) in [5.74, 6) is 0. The average Bonchev–Trinajstić information content (AvgIpc) is 3.81. The minimum Gasteiger partial charge on any atom is -0.456 e. The first-order chi connectivity index (χ1) is 41.1. The molecule has 1 saturated heterocycles. The molecule has 3 heterocycles. The van der Waals surface area contributed by atoms with E-state index in [1.54, 1.807) is 0 Å². The van der Waals surface area contributed by atoms with Gasteiger partial charge in [0.05, 0.1) is 11.2 Å². The number of para-hydroxylation sites is 4. The Balaban J connectivity index is 0.000000112. The minimum absolute atomic E-state index is 0.355. The Labute approximate surface area is 495 Å². The lowest BCUT2D eigenvalue weighted by Gasteiger charge is -2.32. The SMILES string of the molecule is Brc1c2ccccc2c(-c2cccc3ccccc23)c2ccccc12.CC1(C)OB(c2cccc3c2oc2ccccc23)OC1(C)C.c1ccc2c(-c3c4ccccc4c(-c4cccc5c4oc4ccccc45)c4ccccc34)cccc2c1. The van der Waals surface area contributed by atoms with Crippen LogP contribution in [0.3, 0.4) is 0 Å². The summed E-state index contributed by atoms with van der Waals surface area (Å²) in [7, 11) is -0.408. The smallest absolute Gasteiger partial charge is 0.456 e. The molecule has 84 heavy (non-hydrogen) atoms. The van der Waals surface area contributed by atoms with Gasteiger partial charge in [-0.05, 0) is 143 Å². The molecule has 0 radical (unpaired) electrons. The lowest BCUT2D eigenvalue weighted by molar-refractivity contribution is 0.00578. The van der Waals surface area contributed by atoms with E-state index in [2.05, 4.69) is 274 Å². The van der Waals surface area contributed by atoms with Gasteiger partial charge >= 0.3 is 7.12 Å². The van der Waals surface area contributed by atoms with Crippen LogP contribution in [-0.4, -0.2) is 18.3 Å². The van der Waals surface area contributed by atoms with Crippen LogP contribution in [0.15, 0.2) is 280 Å². The summed E-state index contributed by atoms with van der Waals surface area (Å²) in [5, 5.41) is 19.7. The summed E-state index contributed by atoms with van der Waals surface area (Å²) < 4.78 is 26.1. The first-order valence-electron chi connectivity index (χ1n) is 28.8. The highest BCUT2D eigenvalue weighted by Crippen LogP contribution is 2.48. The first-order valence-corrected chi connectivity index (χ1v) is 29.6. The van der Waals surface area contributed by atoms with Crippen LogP contribution < -0.4 is 5.46 Å². The number of hydrogen-bond donors (Lipinski definition) is 0. The van der Waals surface area contributed by atoms with Crippen LogP contribution in [0.4, 0.5) is 0 Å². The molecule has 6 heteroatoms. The van der Waals surface area contributed by atoms with E-state index in [4.69, 9.17) is 18.1 Å². The number of rotatable bonds is 4. The van der Waals surface area contributed by atoms with Gasteiger partial charge in [0.15, 0.2) is 0 Å². The summed E-state index contributed by atoms with van der Waals surface area (Å²) in [5.41, 5.74) is 11.3. The van der Waals surface area contributed by atoms with Gasteiger partial charge < -0.3 is 18.1 Å². The van der Waals surface area contributed by atoms with Crippen molar-refractivity contribution in [3.63, 3.8) is 0 Å². The molecule has 0 amide bonds. The molecule has 2 aromatic heterocycles. The quantitative estimate of drug-likeness (QED) is 0.130. The minimum atomic E-state index is -0.408. The molecule has 1 aliphatic rings. The second kappa shape index (κ2) is 20.5. The Kier molecular flexibility index (Phi) is 12.6. The zero-order chi connectivity index (χ0) is 56.7. The molecule has 0 aliphatic carbocycles. The Morgan fingerprint density at radius 3 is 1.04 bits per heavy atom. The summed E-state index contributed by atoms with van der Waals surface area (Å²) in [6, 6.07) is 94.5. The highest BCUT2D eigenvalue weighted by Gasteiger charge is 2.52. The van der Waals surface area contributed by atoms with E-state index in [1.807, 2.05) is 36.4 Å². The fraction of sp³-hybridized carbons (Fsp3) is 0.0769. The lowest BCUT2D eigenvalue weighted by atomic mass is 9.78. The lowest BCUT2D eigenvalue weighted by Crippen LogP contribution is -2.41. The van der Waals surface area contributed by atoms with Crippen molar-refractivity contribution in [2.75, 3.05) is 0 Å². The zero-order valence-electron chi connectivity index (χ0n) is 47.0. The maximum absolute atomic E-state index is 6.51. The Morgan fingerprint density at radius 2 is 0.571 bits per heavy atom. The van der Waals surface area contributed by atoms with Gasteiger partial charge in [-0.2, -0.15) is 0 Å². The topological polar surface area (TPSA) is 44.7 Å². The molecule has 0 atom stereocenters. The normalized spacial score (nSPS) is 13.8. The Bertz CT molecular complexity index is 5120. The van der Waals surface area contributed by atoms with Crippen molar-refractivity contribution in [1.29, 1.82) is 0 Å². The summed E-state index contributed by atoms with van der Waals surface area (Å²) in [6.07, 6.45) is 0. The third-order valence-corrected chi connectivity index (χ3v) is 18.4. The second-order valence-electron chi connectivity index (χ2n) is 22.9. The van der Waals surface area contributed by atoms with Gasteiger partial charge in [-0.25, -0.2) is 0 Å². The molecule has 17 rings (SSSR count). The third kappa shape index (κ3) is 8.50. The van der Waals surface area contributed by atoms with Gasteiger partial charge in [-0.3, -0.25) is 0 Å². The molecule has 14 aromatic carbocycles. The molecule has 0 N–H and O–H groups in total. The van der Waals surface area contributed by atoms with E-state index < -0.39 is 7.12 Å². The van der Waals surface area contributed by atoms with Crippen LogP contribution in [0.1, 0.15) is 27.7 Å². The molecule has 402 valence electrons. The van der Waals surface area contributed by atoms with E-state index in [0.29, 0.717) is 0 Å². The molecule has 0 spiro atoms. The number of hydrogen-bond acceptors (Lipinski definition) is 4. The highest BCUT2D eigenvalue weighted by atomic mass is 79.9. The number of benzene rings is 14. The predicted molar refractivity (Wildman–Crippen MR) is 359 cm³/mol. The summed E-state index contributed by atoms with van der Waals surface area (Å²) in [6.45, 7) is 8.25. The second-order valence-corrected chi connectivity index (χ2v) is 23.7. The van der Waals surface area contributed by atoms with Crippen molar-refractivity contribution in [3.8, 4) is 33.4 Å². The van der Waals surface area contributed by atoms with Crippen molar-refractivity contribution in [2.45, 2.75) is 38.9 Å². The van der Waals surface area contributed by atoms with Crippen molar-refractivity contribution in [1.82, 2.24) is 0 Å². The molecule has 0 bridgehead atoms. The largest absolute Gasteiger partial charge is 0.498 e. The van der Waals surface area contributed by atoms with Gasteiger partial charge in [0, 0.05) is 42.6 Å². The van der Waals surface area contributed by atoms with E-state index in [1.165, 1.54) is 96.9 Å². The van der Waals surface area contributed by atoms with E-state index in [0.717, 1.165) is 54.9 Å². The maximum Gasteiger partial charge on any atom is 0.498 e. The van der Waals surface area contributed by atoms with Crippen molar-refractivity contribution >= 4 is 137 Å². The first kappa shape index (κ1) is 51.6. The molecule has 0 saturated carbocycles. The van der Waals surface area contributed by atoms with E-state index in [-0.39, 0.29) is 11.2 Å². The number of fused-ring (bicyclic) bond motifs is 12. The van der Waals surface area contributed by atoms with E-state index in [9.17, 15) is 0 Å². The molecule has 1 fully saturated rings. The van der Waals surface area contributed by atoms with Crippen LogP contribution in [0.5, 0.6) is 0 Å². The van der Waals surface area contributed by atoms with Crippen LogP contribution in [0, 0.1) is 0 Å². The van der Waals surface area contributed by atoms with Crippen LogP contribution in [0.25, 0.3) is 142 Å². The number of halogens is 1. The molecular formula is C78H56BBrO4. The monoisotopic (exact) mass is 1150 g/mol. The molecule has 0 unspecified atom stereocenters. The highest BCUT2D eigenvalue weighted by molar-refractivity contribution is 9.10. The van der Waals surface area contributed by atoms with Gasteiger partial charge in [0.25, 0.3) is 0 Å². The van der Waals surface area contributed by atoms with Crippen LogP contribution in [0.2, 0.25) is 0 Å². The van der Waals surface area contributed by atoms with Gasteiger partial charge in [0.1, 0.15) is 22.3 Å². The average molecular weight is 1150 g/mol. The van der Waals surface area contributed by atoms with Crippen molar-refractivity contribution < 1.29 is 18.1 Å². The summed E-state index contributed by atoms with van der Waals surface area (Å²) >= 11 is 3.84. The maximum atomic E-state index is 6.51. The van der Waals surface area contributed by atoms with Gasteiger partial charge in [-0.15, -0.1) is 0 Å². The van der Waals surface area contributed by atoms with Crippen LogP contribution >= 0.6 is 15.9 Å². The molecule has 4 nitrogen and oxygen atoms in total. The fourth-order valence-electron chi connectivity index (χ4n) is 12.8. The van der Waals surface area contributed by atoms with Crippen molar-refractivity contribution in [3.05, 3.63) is 271 Å². The molecule has 16 aromatic rings. The van der Waals surface area contributed by atoms with Gasteiger partial charge in [-0.1, -0.05) is 255 Å². The zero-order valence-corrected chi connectivity index (χ0v) is 48.6. The van der Waals surface area contributed by atoms with Crippen LogP contribution in [-0.2, 0) is 9.31 Å². The Morgan fingerprint density at radius 1 is 0.274 bits per heavy atom. The Hall–Kier alpha value is -9.30. The number of furan rings is 2. The standard InChI is InChI=1S/C36H22O.C24H15Br.C18H19BO3/c1-2-13-24-23(11-1)12-9-19-26(24)34-27-15-3-5-17-29(27)35(30-18-6-4-16-28(30)34)32-21-10-20-31-25-14-7-8-22-33(25)37-36(31)32;25-24-21-13-5-3-11-19(21)23(20-12-4-6-14-22(20)24)18-15-7-9-16-8-1-2-10-17(16)18;1-17(2)18(3,4)22-19(21-17)14-10-7-9-13-12-8-5-6-11-15(12)20-16(13)14/h1-22H;1-15H;5-11H,1-4H3. The van der Waals surface area contributed by atoms with Gasteiger partial charge in [0.2, 0.25) is 0 Å². The summed E-state index contributed by atoms with van der Waals surface area (Å²) in [4.78, 5) is 0.